The molecule has 0 aromatic carbocycles. The minimum Gasteiger partial charge on any atom is -0.481 e. The molecule has 1 saturated carbocycles. The van der Waals surface area contributed by atoms with Crippen molar-refractivity contribution >= 4 is 12.0 Å². The summed E-state index contributed by atoms with van der Waals surface area (Å²) in [5.74, 6) is -0.119. The van der Waals surface area contributed by atoms with Crippen molar-refractivity contribution in [2.45, 2.75) is 70.9 Å². The summed E-state index contributed by atoms with van der Waals surface area (Å²) in [6.07, 6.45) is 5.89. The molecule has 0 aromatic rings. The number of carboxylic acid groups (broad SMARTS) is 1. The molecule has 0 spiro atoms. The average Bonchev–Trinajstić information content (AvgIpc) is 2.31. The van der Waals surface area contributed by atoms with E-state index in [9.17, 15) is 9.59 Å². The second-order valence-corrected chi connectivity index (χ2v) is 5.66. The molecule has 0 bridgehead atoms. The molecular weight excluding hydrogens is 244 g/mol. The molecular formula is C14H26N2O3. The highest BCUT2D eigenvalue weighted by molar-refractivity contribution is 5.76. The van der Waals surface area contributed by atoms with Gasteiger partial charge in [0.1, 0.15) is 0 Å². The first-order valence-electron chi connectivity index (χ1n) is 7.30. The molecule has 5 nitrogen and oxygen atoms in total. The highest BCUT2D eigenvalue weighted by Gasteiger charge is 2.21. The van der Waals surface area contributed by atoms with Crippen LogP contribution in [0.15, 0.2) is 0 Å². The van der Waals surface area contributed by atoms with Crippen molar-refractivity contribution in [3.05, 3.63) is 0 Å². The fourth-order valence-electron chi connectivity index (χ4n) is 2.60. The Hall–Kier alpha value is -1.26. The summed E-state index contributed by atoms with van der Waals surface area (Å²) < 4.78 is 0. The van der Waals surface area contributed by atoms with Gasteiger partial charge in [0.2, 0.25) is 0 Å². The van der Waals surface area contributed by atoms with Crippen molar-refractivity contribution in [2.75, 3.05) is 0 Å². The van der Waals surface area contributed by atoms with Crippen molar-refractivity contribution in [3.63, 3.8) is 0 Å². The first-order valence-corrected chi connectivity index (χ1v) is 7.30. The van der Waals surface area contributed by atoms with Gasteiger partial charge < -0.3 is 15.7 Å². The predicted octanol–water partition coefficient (Wildman–Crippen LogP) is 2.51. The summed E-state index contributed by atoms with van der Waals surface area (Å²) in [5.41, 5.74) is 0. The minimum atomic E-state index is -0.870. The number of carbonyl (C=O) groups excluding carboxylic acids is 1. The van der Waals surface area contributed by atoms with Gasteiger partial charge in [0.15, 0.2) is 0 Å². The maximum atomic E-state index is 11.8. The van der Waals surface area contributed by atoms with Gasteiger partial charge in [-0.15, -0.1) is 0 Å². The molecule has 110 valence electrons. The zero-order valence-corrected chi connectivity index (χ0v) is 11.9. The lowest BCUT2D eigenvalue weighted by Crippen LogP contribution is -2.47. The summed E-state index contributed by atoms with van der Waals surface area (Å²) in [6, 6.07) is -0.257. The van der Waals surface area contributed by atoms with Crippen LogP contribution in [0.2, 0.25) is 0 Å². The van der Waals surface area contributed by atoms with Gasteiger partial charge in [-0.1, -0.05) is 20.3 Å². The number of hydrogen-bond acceptors (Lipinski definition) is 2. The SMILES string of the molecule is CCCC(CC(=O)O)NC(=O)NC1CCC(C)CC1. The van der Waals surface area contributed by atoms with Crippen LogP contribution >= 0.6 is 0 Å². The molecule has 0 saturated heterocycles. The Bertz CT molecular complexity index is 299. The van der Waals surface area contributed by atoms with E-state index in [4.69, 9.17) is 5.11 Å². The Kier molecular flexibility index (Phi) is 6.67. The lowest BCUT2D eigenvalue weighted by Gasteiger charge is -2.27. The van der Waals surface area contributed by atoms with Crippen molar-refractivity contribution < 1.29 is 14.7 Å². The largest absolute Gasteiger partial charge is 0.481 e. The summed E-state index contributed by atoms with van der Waals surface area (Å²) in [6.45, 7) is 4.22. The number of urea groups is 1. The first kappa shape index (κ1) is 15.8. The van der Waals surface area contributed by atoms with Crippen molar-refractivity contribution in [2.24, 2.45) is 5.92 Å². The molecule has 1 rings (SSSR count). The van der Waals surface area contributed by atoms with Crippen molar-refractivity contribution in [3.8, 4) is 0 Å². The van der Waals surface area contributed by atoms with Gasteiger partial charge >= 0.3 is 12.0 Å². The quantitative estimate of drug-likeness (QED) is 0.694. The van der Waals surface area contributed by atoms with E-state index in [1.54, 1.807) is 0 Å². The molecule has 0 radical (unpaired) electrons. The van der Waals surface area contributed by atoms with Crippen LogP contribution in [0.3, 0.4) is 0 Å². The fourth-order valence-corrected chi connectivity index (χ4v) is 2.60. The van der Waals surface area contributed by atoms with E-state index in [1.807, 2.05) is 6.92 Å². The number of amides is 2. The maximum Gasteiger partial charge on any atom is 0.315 e. The zero-order chi connectivity index (χ0) is 14.3. The van der Waals surface area contributed by atoms with Gasteiger partial charge in [-0.3, -0.25) is 4.79 Å². The third-order valence-electron chi connectivity index (χ3n) is 3.74. The molecule has 0 heterocycles. The number of hydrogen-bond donors (Lipinski definition) is 3. The standard InChI is InChI=1S/C14H26N2O3/c1-3-4-12(9-13(17)18)16-14(19)15-11-7-5-10(2)6-8-11/h10-12H,3-9H2,1-2H3,(H,17,18)(H2,15,16,19). The Morgan fingerprint density at radius 3 is 2.42 bits per heavy atom. The first-order chi connectivity index (χ1) is 9.01. The topological polar surface area (TPSA) is 78.4 Å². The van der Waals surface area contributed by atoms with Crippen LogP contribution in [0.25, 0.3) is 0 Å². The second kappa shape index (κ2) is 8.02. The minimum absolute atomic E-state index is 0.0110. The summed E-state index contributed by atoms with van der Waals surface area (Å²) >= 11 is 0. The maximum absolute atomic E-state index is 11.8. The Labute approximate surface area is 115 Å². The fraction of sp³-hybridized carbons (Fsp3) is 0.857. The van der Waals surface area contributed by atoms with Crippen LogP contribution in [0.1, 0.15) is 58.8 Å². The van der Waals surface area contributed by atoms with Crippen LogP contribution in [-0.2, 0) is 4.79 Å². The van der Waals surface area contributed by atoms with E-state index in [1.165, 1.54) is 0 Å². The molecule has 3 N–H and O–H groups in total. The van der Waals surface area contributed by atoms with Gasteiger partial charge in [-0.2, -0.15) is 0 Å². The lowest BCUT2D eigenvalue weighted by atomic mass is 9.87. The van der Waals surface area contributed by atoms with Crippen LogP contribution in [0, 0.1) is 5.92 Å². The zero-order valence-electron chi connectivity index (χ0n) is 11.9. The monoisotopic (exact) mass is 270 g/mol. The molecule has 19 heavy (non-hydrogen) atoms. The van der Waals surface area contributed by atoms with Crippen LogP contribution in [-0.4, -0.2) is 29.2 Å². The summed E-state index contributed by atoms with van der Waals surface area (Å²) in [7, 11) is 0. The highest BCUT2D eigenvalue weighted by atomic mass is 16.4. The smallest absolute Gasteiger partial charge is 0.315 e. The Morgan fingerprint density at radius 2 is 1.89 bits per heavy atom. The molecule has 5 heteroatoms. The van der Waals surface area contributed by atoms with E-state index in [0.717, 1.165) is 38.0 Å². The third kappa shape index (κ3) is 6.45. The summed E-state index contributed by atoms with van der Waals surface area (Å²) in [4.78, 5) is 22.6. The molecule has 1 unspecified atom stereocenters. The Balaban J connectivity index is 2.33. The summed E-state index contributed by atoms with van der Waals surface area (Å²) in [5, 5.41) is 14.5. The second-order valence-electron chi connectivity index (χ2n) is 5.66. The van der Waals surface area contributed by atoms with Gasteiger partial charge in [0.05, 0.1) is 6.42 Å². The number of nitrogens with one attached hydrogen (secondary N) is 2. The average molecular weight is 270 g/mol. The highest BCUT2D eigenvalue weighted by Crippen LogP contribution is 2.23. The number of aliphatic carboxylic acids is 1. The van der Waals surface area contributed by atoms with E-state index >= 15 is 0 Å². The van der Waals surface area contributed by atoms with Gasteiger partial charge in [0, 0.05) is 12.1 Å². The molecule has 1 fully saturated rings. The normalized spacial score (nSPS) is 24.5. The van der Waals surface area contributed by atoms with Gasteiger partial charge in [0.25, 0.3) is 0 Å². The molecule has 2 amide bonds. The Morgan fingerprint density at radius 1 is 1.26 bits per heavy atom. The van der Waals surface area contributed by atoms with Crippen LogP contribution < -0.4 is 10.6 Å². The molecule has 0 aromatic heterocycles. The van der Waals surface area contributed by atoms with E-state index in [0.29, 0.717) is 6.42 Å². The van der Waals surface area contributed by atoms with E-state index in [-0.39, 0.29) is 24.5 Å². The number of carbonyl (C=O) groups is 2. The number of rotatable bonds is 6. The van der Waals surface area contributed by atoms with Crippen LogP contribution in [0.5, 0.6) is 0 Å². The number of carboxylic acids is 1. The van der Waals surface area contributed by atoms with E-state index < -0.39 is 5.97 Å². The van der Waals surface area contributed by atoms with Gasteiger partial charge in [-0.25, -0.2) is 4.79 Å². The van der Waals surface area contributed by atoms with E-state index in [2.05, 4.69) is 17.6 Å². The van der Waals surface area contributed by atoms with Crippen molar-refractivity contribution in [1.82, 2.24) is 10.6 Å². The van der Waals surface area contributed by atoms with Gasteiger partial charge in [-0.05, 0) is 38.0 Å². The molecule has 1 aliphatic rings. The third-order valence-corrected chi connectivity index (χ3v) is 3.74. The van der Waals surface area contributed by atoms with Crippen molar-refractivity contribution in [1.29, 1.82) is 0 Å². The molecule has 1 aliphatic carbocycles. The predicted molar refractivity (Wildman–Crippen MR) is 74.0 cm³/mol. The molecule has 1 atom stereocenters. The molecule has 0 aliphatic heterocycles. The van der Waals surface area contributed by atoms with Crippen LogP contribution in [0.4, 0.5) is 4.79 Å². The lowest BCUT2D eigenvalue weighted by molar-refractivity contribution is -0.137.